The molecule has 6 nitrogen and oxygen atoms in total. The molecular formula is C21H26N2O4. The number of nitrogens with one attached hydrogen (secondary N) is 2. The number of ketones is 1. The average molecular weight is 370 g/mol. The fourth-order valence-electron chi connectivity index (χ4n) is 4.41. The predicted molar refractivity (Wildman–Crippen MR) is 101 cm³/mol. The maximum Gasteiger partial charge on any atom is 0.227 e. The summed E-state index contributed by atoms with van der Waals surface area (Å²) in [6, 6.07) is 8.11. The second-order valence-corrected chi connectivity index (χ2v) is 7.55. The molecule has 1 aromatic rings. The van der Waals surface area contributed by atoms with E-state index in [1.165, 1.54) is 19.6 Å². The van der Waals surface area contributed by atoms with Crippen molar-refractivity contribution in [1.29, 1.82) is 0 Å². The van der Waals surface area contributed by atoms with E-state index in [0.717, 1.165) is 12.0 Å². The van der Waals surface area contributed by atoms with Gasteiger partial charge in [-0.3, -0.25) is 14.4 Å². The quantitative estimate of drug-likeness (QED) is 0.773. The standard InChI is InChI=1S/C21H26N2O4/c1-13(24)22-8-9-23-20(26)17-11-19(27-3)18(25)10-16-15-7-5-4-6-14(15)12-21(16,17)2/h4-7,11,16-17H,8-10,12H2,1-3H3,(H,22,24)(H,23,26). The Labute approximate surface area is 159 Å². The minimum Gasteiger partial charge on any atom is -0.493 e. The van der Waals surface area contributed by atoms with Crippen LogP contribution < -0.4 is 10.6 Å². The molecule has 2 aliphatic carbocycles. The largest absolute Gasteiger partial charge is 0.493 e. The lowest BCUT2D eigenvalue weighted by atomic mass is 9.67. The van der Waals surface area contributed by atoms with Crippen LogP contribution in [0.5, 0.6) is 0 Å². The van der Waals surface area contributed by atoms with E-state index in [-0.39, 0.29) is 29.3 Å². The molecule has 27 heavy (non-hydrogen) atoms. The van der Waals surface area contributed by atoms with Crippen LogP contribution in [0.3, 0.4) is 0 Å². The maximum absolute atomic E-state index is 13.0. The van der Waals surface area contributed by atoms with E-state index < -0.39 is 11.3 Å². The van der Waals surface area contributed by atoms with Gasteiger partial charge in [-0.05, 0) is 35.0 Å². The minimum atomic E-state index is -0.492. The van der Waals surface area contributed by atoms with Crippen LogP contribution in [0.1, 0.15) is 37.3 Å². The lowest BCUT2D eigenvalue weighted by Crippen LogP contribution is -2.43. The van der Waals surface area contributed by atoms with Gasteiger partial charge < -0.3 is 15.4 Å². The van der Waals surface area contributed by atoms with Crippen molar-refractivity contribution in [2.24, 2.45) is 11.3 Å². The van der Waals surface area contributed by atoms with Crippen LogP contribution in [0.2, 0.25) is 0 Å². The van der Waals surface area contributed by atoms with Crippen molar-refractivity contribution in [2.45, 2.75) is 32.6 Å². The summed E-state index contributed by atoms with van der Waals surface area (Å²) in [7, 11) is 1.47. The van der Waals surface area contributed by atoms with E-state index in [9.17, 15) is 14.4 Å². The Kier molecular flexibility index (Phi) is 5.35. The third kappa shape index (κ3) is 3.61. The van der Waals surface area contributed by atoms with Crippen molar-refractivity contribution in [3.8, 4) is 0 Å². The van der Waals surface area contributed by atoms with Crippen LogP contribution in [-0.2, 0) is 25.5 Å². The number of methoxy groups -OCH3 is 1. The zero-order valence-electron chi connectivity index (χ0n) is 16.0. The third-order valence-electron chi connectivity index (χ3n) is 5.79. The van der Waals surface area contributed by atoms with Crippen molar-refractivity contribution < 1.29 is 19.1 Å². The van der Waals surface area contributed by atoms with Gasteiger partial charge in [-0.25, -0.2) is 0 Å². The van der Waals surface area contributed by atoms with Gasteiger partial charge in [0.25, 0.3) is 0 Å². The van der Waals surface area contributed by atoms with E-state index in [4.69, 9.17) is 4.74 Å². The monoisotopic (exact) mass is 370 g/mol. The van der Waals surface area contributed by atoms with Crippen LogP contribution in [-0.4, -0.2) is 37.8 Å². The number of carbonyl (C=O) groups excluding carboxylic acids is 3. The Morgan fingerprint density at radius 1 is 1.22 bits per heavy atom. The van der Waals surface area contributed by atoms with Crippen LogP contribution in [0.4, 0.5) is 0 Å². The first-order valence-electron chi connectivity index (χ1n) is 9.25. The molecule has 2 amide bonds. The van der Waals surface area contributed by atoms with Gasteiger partial charge in [-0.1, -0.05) is 31.2 Å². The maximum atomic E-state index is 13.0. The molecule has 2 aliphatic rings. The molecule has 0 aromatic heterocycles. The van der Waals surface area contributed by atoms with Gasteiger partial charge in [0.2, 0.25) is 11.8 Å². The lowest BCUT2D eigenvalue weighted by Gasteiger charge is -2.35. The molecule has 2 N–H and O–H groups in total. The highest BCUT2D eigenvalue weighted by Crippen LogP contribution is 2.55. The molecule has 0 saturated heterocycles. The van der Waals surface area contributed by atoms with Gasteiger partial charge in [0.05, 0.1) is 13.0 Å². The Morgan fingerprint density at radius 3 is 2.63 bits per heavy atom. The molecule has 0 heterocycles. The summed E-state index contributed by atoms with van der Waals surface area (Å²) in [5.41, 5.74) is 1.94. The zero-order chi connectivity index (χ0) is 19.6. The zero-order valence-corrected chi connectivity index (χ0v) is 16.0. The summed E-state index contributed by atoms with van der Waals surface area (Å²) in [6.07, 6.45) is 2.75. The highest BCUT2D eigenvalue weighted by molar-refractivity contribution is 5.96. The van der Waals surface area contributed by atoms with E-state index in [1.54, 1.807) is 6.08 Å². The van der Waals surface area contributed by atoms with Crippen molar-refractivity contribution in [1.82, 2.24) is 10.6 Å². The van der Waals surface area contributed by atoms with Gasteiger partial charge in [0, 0.05) is 26.4 Å². The minimum absolute atomic E-state index is 0.0313. The Bertz CT molecular complexity index is 801. The highest BCUT2D eigenvalue weighted by atomic mass is 16.5. The number of amides is 2. The molecule has 1 aromatic carbocycles. The van der Waals surface area contributed by atoms with E-state index in [1.807, 2.05) is 12.1 Å². The van der Waals surface area contributed by atoms with Gasteiger partial charge >= 0.3 is 0 Å². The SMILES string of the molecule is COC1=CC(C(=O)NCCNC(C)=O)C2(C)Cc3ccccc3C2CC1=O. The molecule has 3 unspecified atom stereocenters. The summed E-state index contributed by atoms with van der Waals surface area (Å²) in [5, 5.41) is 5.56. The summed E-state index contributed by atoms with van der Waals surface area (Å²) in [6.45, 7) is 4.23. The highest BCUT2D eigenvalue weighted by Gasteiger charge is 2.52. The van der Waals surface area contributed by atoms with Crippen LogP contribution in [0.15, 0.2) is 36.1 Å². The fraction of sp³-hybridized carbons (Fsp3) is 0.476. The molecule has 0 aliphatic heterocycles. The van der Waals surface area contributed by atoms with Crippen LogP contribution in [0.25, 0.3) is 0 Å². The third-order valence-corrected chi connectivity index (χ3v) is 5.79. The normalized spacial score (nSPS) is 26.3. The number of allylic oxidation sites excluding steroid dienone is 1. The first-order valence-corrected chi connectivity index (χ1v) is 9.25. The fourth-order valence-corrected chi connectivity index (χ4v) is 4.41. The molecule has 3 rings (SSSR count). The topological polar surface area (TPSA) is 84.5 Å². The van der Waals surface area contributed by atoms with Gasteiger partial charge in [-0.15, -0.1) is 0 Å². The van der Waals surface area contributed by atoms with E-state index >= 15 is 0 Å². The predicted octanol–water partition coefficient (Wildman–Crippen LogP) is 1.70. The first-order chi connectivity index (χ1) is 12.9. The number of hydrogen-bond acceptors (Lipinski definition) is 4. The second-order valence-electron chi connectivity index (χ2n) is 7.55. The second kappa shape index (κ2) is 7.55. The van der Waals surface area contributed by atoms with Crippen molar-refractivity contribution in [2.75, 3.05) is 20.2 Å². The number of fused-ring (bicyclic) bond motifs is 3. The molecule has 3 atom stereocenters. The van der Waals surface area contributed by atoms with Crippen molar-refractivity contribution in [3.05, 3.63) is 47.2 Å². The van der Waals surface area contributed by atoms with Gasteiger partial charge in [0.1, 0.15) is 0 Å². The molecule has 0 fully saturated rings. The molecule has 0 bridgehead atoms. The Balaban J connectivity index is 1.89. The van der Waals surface area contributed by atoms with E-state index in [2.05, 4.69) is 29.7 Å². The van der Waals surface area contributed by atoms with Gasteiger partial charge in [0.15, 0.2) is 11.5 Å². The molecule has 0 radical (unpaired) electrons. The number of hydrogen-bond donors (Lipinski definition) is 2. The Morgan fingerprint density at radius 2 is 1.93 bits per heavy atom. The summed E-state index contributed by atoms with van der Waals surface area (Å²) >= 11 is 0. The van der Waals surface area contributed by atoms with Crippen LogP contribution in [0, 0.1) is 11.3 Å². The molecular weight excluding hydrogens is 344 g/mol. The number of rotatable bonds is 5. The summed E-state index contributed by atoms with van der Waals surface area (Å²) in [4.78, 5) is 36.7. The van der Waals surface area contributed by atoms with Crippen molar-refractivity contribution in [3.63, 3.8) is 0 Å². The lowest BCUT2D eigenvalue weighted by molar-refractivity contribution is -0.128. The van der Waals surface area contributed by atoms with Crippen LogP contribution >= 0.6 is 0 Å². The number of Topliss-reactive ketones (excluding diaryl/α,β-unsaturated/α-hetero) is 1. The van der Waals surface area contributed by atoms with Gasteiger partial charge in [-0.2, -0.15) is 0 Å². The summed E-state index contributed by atoms with van der Waals surface area (Å²) in [5.74, 6) is -0.622. The molecule has 0 saturated carbocycles. The molecule has 0 spiro atoms. The first kappa shape index (κ1) is 19.1. The number of ether oxygens (including phenoxy) is 1. The average Bonchev–Trinajstić information content (AvgIpc) is 2.85. The van der Waals surface area contributed by atoms with Crippen molar-refractivity contribution >= 4 is 17.6 Å². The molecule has 6 heteroatoms. The Hall–Kier alpha value is -2.63. The number of carbonyl (C=O) groups is 3. The number of benzene rings is 1. The molecule has 144 valence electrons. The summed E-state index contributed by atoms with van der Waals surface area (Å²) < 4.78 is 5.29. The van der Waals surface area contributed by atoms with E-state index in [0.29, 0.717) is 19.5 Å². The smallest absolute Gasteiger partial charge is 0.227 e.